The summed E-state index contributed by atoms with van der Waals surface area (Å²) in [6.45, 7) is 0. The number of pyridine rings is 1. The van der Waals surface area contributed by atoms with Gasteiger partial charge < -0.3 is 10.7 Å². The third kappa shape index (κ3) is 1.73. The first kappa shape index (κ1) is 12.4. The lowest BCUT2D eigenvalue weighted by Crippen LogP contribution is -2.31. The number of hydrogen-bond donors (Lipinski definition) is 3. The standard InChI is InChI=1S/C14H17ClN4O/c15-8-3-4-9(19-16)17-12(8)14(20)18-13-10-6-1-2-7(5-6)11(10)13/h3-4,6-7,10-11,13H,1-2,5,16H2,(H,17,19)(H,18,20). The highest BCUT2D eigenvalue weighted by Gasteiger charge is 2.65. The van der Waals surface area contributed by atoms with Crippen LogP contribution in [0.25, 0.3) is 0 Å². The number of aromatic nitrogens is 1. The molecule has 0 spiro atoms. The van der Waals surface area contributed by atoms with Crippen LogP contribution in [-0.4, -0.2) is 16.9 Å². The molecule has 20 heavy (non-hydrogen) atoms. The van der Waals surface area contributed by atoms with Crippen LogP contribution in [0, 0.1) is 23.7 Å². The highest BCUT2D eigenvalue weighted by molar-refractivity contribution is 6.33. The minimum atomic E-state index is -0.189. The van der Waals surface area contributed by atoms with E-state index in [1.807, 2.05) is 0 Å². The van der Waals surface area contributed by atoms with Gasteiger partial charge in [0, 0.05) is 6.04 Å². The normalized spacial score (nSPS) is 36.6. The topological polar surface area (TPSA) is 80.0 Å². The predicted octanol–water partition coefficient (Wildman–Crippen LogP) is 1.79. The Hall–Kier alpha value is -1.33. The van der Waals surface area contributed by atoms with Crippen molar-refractivity contribution in [2.24, 2.45) is 29.5 Å². The fourth-order valence-electron chi connectivity index (χ4n) is 4.42. The highest BCUT2D eigenvalue weighted by Crippen LogP contribution is 2.65. The van der Waals surface area contributed by atoms with E-state index < -0.39 is 0 Å². The van der Waals surface area contributed by atoms with E-state index in [0.29, 0.717) is 28.7 Å². The number of nitrogens with one attached hydrogen (secondary N) is 2. The van der Waals surface area contributed by atoms with Gasteiger partial charge in [-0.2, -0.15) is 0 Å². The van der Waals surface area contributed by atoms with E-state index >= 15 is 0 Å². The fraction of sp³-hybridized carbons (Fsp3) is 0.571. The summed E-state index contributed by atoms with van der Waals surface area (Å²) in [7, 11) is 0. The number of nitrogens with zero attached hydrogens (tertiary/aromatic N) is 1. The second kappa shape index (κ2) is 4.33. The highest BCUT2D eigenvalue weighted by atomic mass is 35.5. The molecule has 3 fully saturated rings. The molecule has 1 heterocycles. The molecule has 4 rings (SSSR count). The van der Waals surface area contributed by atoms with E-state index in [1.54, 1.807) is 12.1 Å². The van der Waals surface area contributed by atoms with Crippen LogP contribution in [0.15, 0.2) is 12.1 Å². The van der Waals surface area contributed by atoms with Crippen LogP contribution in [0.3, 0.4) is 0 Å². The predicted molar refractivity (Wildman–Crippen MR) is 76.1 cm³/mol. The minimum absolute atomic E-state index is 0.189. The first-order valence-electron chi connectivity index (χ1n) is 7.13. The van der Waals surface area contributed by atoms with E-state index in [0.717, 1.165) is 11.8 Å². The van der Waals surface area contributed by atoms with Crippen LogP contribution >= 0.6 is 11.6 Å². The van der Waals surface area contributed by atoms with Gasteiger partial charge in [0.15, 0.2) is 0 Å². The number of amides is 1. The summed E-state index contributed by atoms with van der Waals surface area (Å²) < 4.78 is 0. The average Bonchev–Trinajstić information content (AvgIpc) is 2.85. The van der Waals surface area contributed by atoms with Crippen molar-refractivity contribution < 1.29 is 4.79 Å². The zero-order chi connectivity index (χ0) is 13.9. The van der Waals surface area contributed by atoms with Crippen molar-refractivity contribution in [3.05, 3.63) is 22.8 Å². The van der Waals surface area contributed by atoms with Crippen molar-refractivity contribution in [1.82, 2.24) is 10.3 Å². The Labute approximate surface area is 122 Å². The number of nitrogen functional groups attached to an aromatic ring is 1. The number of carbonyl (C=O) groups is 1. The summed E-state index contributed by atoms with van der Waals surface area (Å²) >= 11 is 6.05. The molecule has 1 aromatic heterocycles. The van der Waals surface area contributed by atoms with E-state index in [4.69, 9.17) is 17.4 Å². The van der Waals surface area contributed by atoms with Crippen LogP contribution in [0.4, 0.5) is 5.82 Å². The van der Waals surface area contributed by atoms with Crippen molar-refractivity contribution in [3.63, 3.8) is 0 Å². The zero-order valence-corrected chi connectivity index (χ0v) is 11.7. The zero-order valence-electron chi connectivity index (χ0n) is 11.0. The maximum Gasteiger partial charge on any atom is 0.271 e. The summed E-state index contributed by atoms with van der Waals surface area (Å²) in [5.41, 5.74) is 2.68. The van der Waals surface area contributed by atoms with Crippen LogP contribution in [0.5, 0.6) is 0 Å². The Morgan fingerprint density at radius 3 is 2.65 bits per heavy atom. The van der Waals surface area contributed by atoms with Gasteiger partial charge in [0.05, 0.1) is 5.02 Å². The second-order valence-corrected chi connectivity index (χ2v) is 6.57. The molecule has 4 unspecified atom stereocenters. The Balaban J connectivity index is 1.49. The molecule has 4 atom stereocenters. The lowest BCUT2D eigenvalue weighted by atomic mass is 10.0. The average molecular weight is 293 g/mol. The Morgan fingerprint density at radius 1 is 1.30 bits per heavy atom. The largest absolute Gasteiger partial charge is 0.347 e. The molecular weight excluding hydrogens is 276 g/mol. The molecule has 0 radical (unpaired) electrons. The lowest BCUT2D eigenvalue weighted by molar-refractivity contribution is 0.0939. The van der Waals surface area contributed by atoms with Gasteiger partial charge >= 0.3 is 0 Å². The van der Waals surface area contributed by atoms with Gasteiger partial charge in [-0.1, -0.05) is 11.6 Å². The maximum atomic E-state index is 12.3. The molecule has 1 amide bonds. The first-order valence-corrected chi connectivity index (χ1v) is 7.51. The van der Waals surface area contributed by atoms with E-state index in [1.165, 1.54) is 19.3 Å². The van der Waals surface area contributed by atoms with Gasteiger partial charge in [0.1, 0.15) is 11.5 Å². The van der Waals surface area contributed by atoms with Gasteiger partial charge in [-0.15, -0.1) is 0 Å². The van der Waals surface area contributed by atoms with Gasteiger partial charge in [0.2, 0.25) is 0 Å². The molecule has 106 valence electrons. The van der Waals surface area contributed by atoms with Gasteiger partial charge in [-0.05, 0) is 55.1 Å². The third-order valence-electron chi connectivity index (χ3n) is 5.24. The Bertz CT molecular complexity index is 562. The fourth-order valence-corrected chi connectivity index (χ4v) is 4.61. The number of hydrogen-bond acceptors (Lipinski definition) is 4. The number of halogens is 1. The van der Waals surface area contributed by atoms with Crippen LogP contribution in [-0.2, 0) is 0 Å². The van der Waals surface area contributed by atoms with Crippen LogP contribution in [0.2, 0.25) is 5.02 Å². The molecule has 0 aliphatic heterocycles. The summed E-state index contributed by atoms with van der Waals surface area (Å²) in [6.07, 6.45) is 4.04. The van der Waals surface area contributed by atoms with Crippen molar-refractivity contribution in [2.75, 3.05) is 5.43 Å². The molecule has 1 aromatic rings. The molecule has 0 saturated heterocycles. The van der Waals surface area contributed by atoms with Gasteiger partial charge in [-0.25, -0.2) is 10.8 Å². The van der Waals surface area contributed by atoms with E-state index in [-0.39, 0.29) is 11.6 Å². The number of carbonyl (C=O) groups excluding carboxylic acids is 1. The number of fused-ring (bicyclic) bond motifs is 5. The van der Waals surface area contributed by atoms with E-state index in [2.05, 4.69) is 15.7 Å². The third-order valence-corrected chi connectivity index (χ3v) is 5.55. The van der Waals surface area contributed by atoms with Crippen molar-refractivity contribution in [3.8, 4) is 0 Å². The quantitative estimate of drug-likeness (QED) is 0.586. The number of anilines is 1. The molecular formula is C14H17ClN4O. The maximum absolute atomic E-state index is 12.3. The molecule has 6 heteroatoms. The Morgan fingerprint density at radius 2 is 2.00 bits per heavy atom. The molecule has 2 bridgehead atoms. The number of nitrogens with two attached hydrogens (primary N) is 1. The second-order valence-electron chi connectivity index (χ2n) is 6.16. The van der Waals surface area contributed by atoms with Gasteiger partial charge in [-0.3, -0.25) is 4.79 Å². The molecule has 5 nitrogen and oxygen atoms in total. The number of hydrazine groups is 1. The van der Waals surface area contributed by atoms with Crippen LogP contribution in [0.1, 0.15) is 29.8 Å². The van der Waals surface area contributed by atoms with E-state index in [9.17, 15) is 4.79 Å². The van der Waals surface area contributed by atoms with Crippen LogP contribution < -0.4 is 16.6 Å². The lowest BCUT2D eigenvalue weighted by Gasteiger charge is -2.11. The first-order chi connectivity index (χ1) is 9.69. The van der Waals surface area contributed by atoms with Crippen molar-refractivity contribution in [1.29, 1.82) is 0 Å². The molecule has 3 saturated carbocycles. The Kier molecular flexibility index (Phi) is 2.69. The van der Waals surface area contributed by atoms with Crippen molar-refractivity contribution >= 4 is 23.3 Å². The van der Waals surface area contributed by atoms with Crippen molar-refractivity contribution in [2.45, 2.75) is 25.3 Å². The summed E-state index contributed by atoms with van der Waals surface area (Å²) in [5.74, 6) is 8.63. The summed E-state index contributed by atoms with van der Waals surface area (Å²) in [6, 6.07) is 3.61. The molecule has 4 N–H and O–H groups in total. The van der Waals surface area contributed by atoms with Gasteiger partial charge in [0.25, 0.3) is 5.91 Å². The molecule has 0 aromatic carbocycles. The smallest absolute Gasteiger partial charge is 0.271 e. The summed E-state index contributed by atoms with van der Waals surface area (Å²) in [4.78, 5) is 16.5. The summed E-state index contributed by atoms with van der Waals surface area (Å²) in [5, 5.41) is 3.47. The number of rotatable bonds is 3. The monoisotopic (exact) mass is 292 g/mol. The SMILES string of the molecule is NNc1ccc(Cl)c(C(=O)NC2C3C4CCC(C4)C23)n1. The minimum Gasteiger partial charge on any atom is -0.347 e. The molecule has 3 aliphatic carbocycles. The molecule has 3 aliphatic rings.